The van der Waals surface area contributed by atoms with Gasteiger partial charge >= 0.3 is 18.2 Å². The highest BCUT2D eigenvalue weighted by molar-refractivity contribution is 6.03. The molecule has 42 heavy (non-hydrogen) atoms. The van der Waals surface area contributed by atoms with Gasteiger partial charge in [0.05, 0.1) is 5.69 Å². The molecule has 0 aliphatic carbocycles. The highest BCUT2D eigenvalue weighted by Crippen LogP contribution is 2.28. The molecule has 13 heteroatoms. The fourth-order valence-corrected chi connectivity index (χ4v) is 4.55. The highest BCUT2D eigenvalue weighted by atomic mass is 16.6. The number of nitrogens with one attached hydrogen (secondary N) is 1. The van der Waals surface area contributed by atoms with E-state index < -0.39 is 35.4 Å². The molecular formula is C29H44N6O7. The van der Waals surface area contributed by atoms with Crippen LogP contribution in [0.15, 0.2) is 29.3 Å². The van der Waals surface area contributed by atoms with Crippen LogP contribution in [0.3, 0.4) is 0 Å². The van der Waals surface area contributed by atoms with Crippen molar-refractivity contribution in [3.05, 3.63) is 24.3 Å². The van der Waals surface area contributed by atoms with Crippen LogP contribution in [-0.4, -0.2) is 94.9 Å². The molecule has 13 nitrogen and oxygen atoms in total. The van der Waals surface area contributed by atoms with E-state index in [4.69, 9.17) is 25.3 Å². The maximum Gasteiger partial charge on any atom is 0.417 e. The van der Waals surface area contributed by atoms with Gasteiger partial charge < -0.3 is 30.5 Å². The number of hydrogen-bond donors (Lipinski definition) is 3. The largest absolute Gasteiger partial charge is 0.480 e. The summed E-state index contributed by atoms with van der Waals surface area (Å²) in [6.45, 7) is 12.4. The van der Waals surface area contributed by atoms with Gasteiger partial charge in [0.15, 0.2) is 0 Å². The molecular weight excluding hydrogens is 544 g/mol. The molecule has 0 bridgehead atoms. The molecule has 0 radical (unpaired) electrons. The van der Waals surface area contributed by atoms with Crippen LogP contribution in [0.1, 0.15) is 60.8 Å². The minimum absolute atomic E-state index is 0.114. The molecule has 3 amide bonds. The number of piperidine rings is 1. The van der Waals surface area contributed by atoms with Crippen molar-refractivity contribution in [3.8, 4) is 0 Å². The molecule has 1 unspecified atom stereocenters. The van der Waals surface area contributed by atoms with Crippen molar-refractivity contribution in [3.63, 3.8) is 0 Å². The zero-order valence-electron chi connectivity index (χ0n) is 25.4. The molecule has 4 N–H and O–H groups in total. The molecule has 2 aliphatic rings. The molecule has 1 atom stereocenters. The third-order valence-corrected chi connectivity index (χ3v) is 6.58. The van der Waals surface area contributed by atoms with E-state index in [1.165, 1.54) is 9.80 Å². The van der Waals surface area contributed by atoms with E-state index in [-0.39, 0.29) is 24.3 Å². The second-order valence-electron chi connectivity index (χ2n) is 12.5. The summed E-state index contributed by atoms with van der Waals surface area (Å²) in [5.41, 5.74) is 5.44. The van der Waals surface area contributed by atoms with Crippen molar-refractivity contribution in [2.75, 3.05) is 37.6 Å². The van der Waals surface area contributed by atoms with E-state index in [1.807, 2.05) is 18.2 Å². The smallest absolute Gasteiger partial charge is 0.417 e. The van der Waals surface area contributed by atoms with Gasteiger partial charge in [-0.15, -0.1) is 0 Å². The Bertz CT molecular complexity index is 1140. The fraction of sp³-hybridized carbons (Fsp3) is 0.621. The van der Waals surface area contributed by atoms with E-state index in [0.29, 0.717) is 51.1 Å². The lowest BCUT2D eigenvalue weighted by atomic mass is 9.95. The molecule has 0 spiro atoms. The molecule has 232 valence electrons. The van der Waals surface area contributed by atoms with E-state index >= 15 is 0 Å². The monoisotopic (exact) mass is 588 g/mol. The minimum atomic E-state index is -1.16. The Kier molecular flexibility index (Phi) is 10.4. The summed E-state index contributed by atoms with van der Waals surface area (Å²) in [4.78, 5) is 59.3. The Morgan fingerprint density at radius 1 is 0.976 bits per heavy atom. The van der Waals surface area contributed by atoms with E-state index in [9.17, 15) is 19.2 Å². The number of aliphatic imine (C=N–C) groups is 1. The van der Waals surface area contributed by atoms with Crippen LogP contribution in [0.2, 0.25) is 0 Å². The number of nitrogens with zero attached hydrogens (tertiary/aromatic N) is 4. The predicted octanol–water partition coefficient (Wildman–Crippen LogP) is 3.30. The number of hydrogen-bond acceptors (Lipinski definition) is 9. The first-order chi connectivity index (χ1) is 19.5. The highest BCUT2D eigenvalue weighted by Gasteiger charge is 2.37. The second kappa shape index (κ2) is 13.4. The van der Waals surface area contributed by atoms with Crippen molar-refractivity contribution >= 4 is 41.4 Å². The Labute approximate surface area is 247 Å². The summed E-state index contributed by atoms with van der Waals surface area (Å²) in [6, 6.07) is 6.30. The van der Waals surface area contributed by atoms with Crippen LogP contribution in [0, 0.1) is 5.92 Å². The standard InChI is InChI=1S/C29H44N6O7/c1-28(2,3)41-26(39)34-13-8-14-35(27(40)42-29(4,5)6)25(34)32-20-9-7-10-21(17-20)33-15-11-19(12-16-33)23(36)31-18-22(30)24(37)38/h7,9-10,17,19,22H,8,11-16,18,30H2,1-6H3,(H,31,36)(H,37,38). The number of benzene rings is 1. The quantitative estimate of drug-likeness (QED) is 0.452. The van der Waals surface area contributed by atoms with Gasteiger partial charge in [-0.05, 0) is 79.0 Å². The summed E-state index contributed by atoms with van der Waals surface area (Å²) in [5.74, 6) is -1.46. The normalized spacial score (nSPS) is 17.4. The third-order valence-electron chi connectivity index (χ3n) is 6.58. The lowest BCUT2D eigenvalue weighted by molar-refractivity contribution is -0.138. The Morgan fingerprint density at radius 2 is 1.52 bits per heavy atom. The third kappa shape index (κ3) is 9.33. The summed E-state index contributed by atoms with van der Waals surface area (Å²) >= 11 is 0. The number of anilines is 1. The first-order valence-electron chi connectivity index (χ1n) is 14.2. The summed E-state index contributed by atoms with van der Waals surface area (Å²) in [5, 5.41) is 11.6. The molecule has 3 rings (SSSR count). The van der Waals surface area contributed by atoms with Gasteiger partial charge in [0.25, 0.3) is 0 Å². The molecule has 2 fully saturated rings. The maximum absolute atomic E-state index is 13.2. The molecule has 1 aromatic carbocycles. The number of carboxylic acids is 1. The molecule has 0 aromatic heterocycles. The van der Waals surface area contributed by atoms with Gasteiger partial charge in [-0.1, -0.05) is 6.07 Å². The van der Waals surface area contributed by atoms with Crippen LogP contribution in [0.5, 0.6) is 0 Å². The fourth-order valence-electron chi connectivity index (χ4n) is 4.55. The average molecular weight is 589 g/mol. The molecule has 0 saturated carbocycles. The Morgan fingerprint density at radius 3 is 2.02 bits per heavy atom. The van der Waals surface area contributed by atoms with E-state index in [1.54, 1.807) is 47.6 Å². The number of carboxylic acid groups (broad SMARTS) is 1. The molecule has 2 saturated heterocycles. The van der Waals surface area contributed by atoms with Crippen LogP contribution in [-0.2, 0) is 19.1 Å². The lowest BCUT2D eigenvalue weighted by Crippen LogP contribution is -2.56. The van der Waals surface area contributed by atoms with Gasteiger partial charge in [-0.2, -0.15) is 0 Å². The molecule has 2 aliphatic heterocycles. The number of rotatable bonds is 6. The summed E-state index contributed by atoms with van der Waals surface area (Å²) < 4.78 is 11.2. The van der Waals surface area contributed by atoms with Crippen molar-refractivity contribution in [1.82, 2.24) is 15.1 Å². The summed E-state index contributed by atoms with van der Waals surface area (Å²) in [6.07, 6.45) is 0.505. The van der Waals surface area contributed by atoms with Crippen LogP contribution in [0.25, 0.3) is 0 Å². The zero-order valence-corrected chi connectivity index (χ0v) is 25.4. The Hall–Kier alpha value is -3.87. The first-order valence-corrected chi connectivity index (χ1v) is 14.2. The van der Waals surface area contributed by atoms with Crippen molar-refractivity contribution in [1.29, 1.82) is 0 Å². The number of nitrogens with two attached hydrogens (primary N) is 1. The minimum Gasteiger partial charge on any atom is -0.480 e. The van der Waals surface area contributed by atoms with Crippen LogP contribution in [0.4, 0.5) is 21.0 Å². The van der Waals surface area contributed by atoms with E-state index in [2.05, 4.69) is 10.2 Å². The van der Waals surface area contributed by atoms with Crippen LogP contribution >= 0.6 is 0 Å². The lowest BCUT2D eigenvalue weighted by Gasteiger charge is -2.37. The number of aliphatic carboxylic acids is 1. The molecule has 2 heterocycles. The van der Waals surface area contributed by atoms with Gasteiger partial charge in [-0.25, -0.2) is 24.4 Å². The Balaban J connectivity index is 1.80. The van der Waals surface area contributed by atoms with Gasteiger partial charge in [0.1, 0.15) is 17.2 Å². The summed E-state index contributed by atoms with van der Waals surface area (Å²) in [7, 11) is 0. The SMILES string of the molecule is CC(C)(C)OC(=O)N1CCCN(C(=O)OC(C)(C)C)C1=Nc1cccc(N2CCC(C(=O)NCC(N)C(=O)O)CC2)c1. The number of ether oxygens (including phenoxy) is 2. The molecule has 1 aromatic rings. The van der Waals surface area contributed by atoms with Gasteiger partial charge in [0, 0.05) is 44.3 Å². The van der Waals surface area contributed by atoms with Crippen LogP contribution < -0.4 is 16.0 Å². The predicted molar refractivity (Wildman–Crippen MR) is 158 cm³/mol. The second-order valence-corrected chi connectivity index (χ2v) is 12.5. The van der Waals surface area contributed by atoms with E-state index in [0.717, 1.165) is 5.69 Å². The maximum atomic E-state index is 13.2. The number of guanidine groups is 1. The number of carbonyl (C=O) groups excluding carboxylic acids is 3. The van der Waals surface area contributed by atoms with Crippen molar-refractivity contribution < 1.29 is 33.8 Å². The van der Waals surface area contributed by atoms with Gasteiger partial charge in [-0.3, -0.25) is 9.59 Å². The van der Waals surface area contributed by atoms with Crippen molar-refractivity contribution in [2.45, 2.75) is 78.0 Å². The average Bonchev–Trinajstić information content (AvgIpc) is 2.89. The topological polar surface area (TPSA) is 167 Å². The zero-order chi connectivity index (χ0) is 31.2. The van der Waals surface area contributed by atoms with Crippen molar-refractivity contribution in [2.24, 2.45) is 16.6 Å². The number of amides is 3. The van der Waals surface area contributed by atoms with Gasteiger partial charge in [0.2, 0.25) is 11.9 Å². The number of carbonyl (C=O) groups is 4. The first kappa shape index (κ1) is 32.6.